The van der Waals surface area contributed by atoms with Crippen LogP contribution in [0.1, 0.15) is 19.3 Å². The smallest absolute Gasteiger partial charge is 0.131 e. The van der Waals surface area contributed by atoms with Crippen molar-refractivity contribution in [1.29, 1.82) is 0 Å². The zero-order chi connectivity index (χ0) is 9.26. The standard InChI is InChI=1S/C10H13ClN2/c1-13(8-4-2-5-8)10-7-3-6-9(11)12-10/h3,6-8H,2,4-5H2,1H3. The van der Waals surface area contributed by atoms with Crippen LogP contribution in [0.3, 0.4) is 0 Å². The topological polar surface area (TPSA) is 16.1 Å². The quantitative estimate of drug-likeness (QED) is 0.677. The highest BCUT2D eigenvalue weighted by atomic mass is 35.5. The van der Waals surface area contributed by atoms with Gasteiger partial charge in [0, 0.05) is 13.1 Å². The molecule has 1 saturated carbocycles. The second-order valence-corrected chi connectivity index (χ2v) is 3.90. The molecule has 0 atom stereocenters. The fourth-order valence-corrected chi connectivity index (χ4v) is 1.71. The van der Waals surface area contributed by atoms with Crippen LogP contribution in [0.4, 0.5) is 5.82 Å². The Morgan fingerprint density at radius 1 is 1.46 bits per heavy atom. The summed E-state index contributed by atoms with van der Waals surface area (Å²) in [5.74, 6) is 0.984. The molecule has 0 spiro atoms. The summed E-state index contributed by atoms with van der Waals surface area (Å²) in [6.45, 7) is 0. The minimum Gasteiger partial charge on any atom is -0.357 e. The van der Waals surface area contributed by atoms with E-state index >= 15 is 0 Å². The second-order valence-electron chi connectivity index (χ2n) is 3.51. The summed E-state index contributed by atoms with van der Waals surface area (Å²) < 4.78 is 0. The van der Waals surface area contributed by atoms with E-state index in [0.29, 0.717) is 11.2 Å². The first-order valence-corrected chi connectivity index (χ1v) is 5.00. The number of hydrogen-bond donors (Lipinski definition) is 0. The van der Waals surface area contributed by atoms with Crippen molar-refractivity contribution in [3.8, 4) is 0 Å². The summed E-state index contributed by atoms with van der Waals surface area (Å²) in [5, 5.41) is 0.573. The molecule has 3 heteroatoms. The average Bonchev–Trinajstić information content (AvgIpc) is 2.01. The van der Waals surface area contributed by atoms with E-state index in [1.807, 2.05) is 12.1 Å². The Bertz CT molecular complexity index is 297. The fraction of sp³-hybridized carbons (Fsp3) is 0.500. The first-order chi connectivity index (χ1) is 6.27. The van der Waals surface area contributed by atoms with E-state index in [4.69, 9.17) is 11.6 Å². The lowest BCUT2D eigenvalue weighted by Crippen LogP contribution is -2.37. The normalized spacial score (nSPS) is 16.8. The summed E-state index contributed by atoms with van der Waals surface area (Å²) in [6, 6.07) is 6.43. The predicted molar refractivity (Wildman–Crippen MR) is 55.3 cm³/mol. The van der Waals surface area contributed by atoms with E-state index in [0.717, 1.165) is 5.82 Å². The van der Waals surface area contributed by atoms with Gasteiger partial charge in [0.2, 0.25) is 0 Å². The van der Waals surface area contributed by atoms with Crippen LogP contribution in [-0.4, -0.2) is 18.1 Å². The molecule has 0 bridgehead atoms. The van der Waals surface area contributed by atoms with Crippen molar-refractivity contribution < 1.29 is 0 Å². The van der Waals surface area contributed by atoms with E-state index in [9.17, 15) is 0 Å². The second kappa shape index (κ2) is 3.54. The summed E-state index contributed by atoms with van der Waals surface area (Å²) in [7, 11) is 2.09. The number of nitrogens with zero attached hydrogens (tertiary/aromatic N) is 2. The van der Waals surface area contributed by atoms with E-state index < -0.39 is 0 Å². The zero-order valence-electron chi connectivity index (χ0n) is 7.70. The molecule has 13 heavy (non-hydrogen) atoms. The number of anilines is 1. The summed E-state index contributed by atoms with van der Waals surface area (Å²) in [6.07, 6.45) is 3.91. The number of hydrogen-bond acceptors (Lipinski definition) is 2. The Morgan fingerprint density at radius 3 is 2.77 bits per heavy atom. The van der Waals surface area contributed by atoms with Gasteiger partial charge in [-0.15, -0.1) is 0 Å². The third kappa shape index (κ3) is 1.78. The van der Waals surface area contributed by atoms with Gasteiger partial charge >= 0.3 is 0 Å². The van der Waals surface area contributed by atoms with Gasteiger partial charge in [-0.25, -0.2) is 4.98 Å². The Labute approximate surface area is 83.5 Å². The largest absolute Gasteiger partial charge is 0.357 e. The number of halogens is 1. The van der Waals surface area contributed by atoms with Crippen LogP contribution in [0.5, 0.6) is 0 Å². The molecule has 0 saturated heterocycles. The van der Waals surface area contributed by atoms with E-state index in [1.54, 1.807) is 6.07 Å². The van der Waals surface area contributed by atoms with Crippen molar-refractivity contribution in [2.45, 2.75) is 25.3 Å². The highest BCUT2D eigenvalue weighted by Gasteiger charge is 2.22. The SMILES string of the molecule is CN(c1cccc(Cl)n1)C1CCC1. The highest BCUT2D eigenvalue weighted by Crippen LogP contribution is 2.27. The van der Waals surface area contributed by atoms with Crippen LogP contribution < -0.4 is 4.90 Å². The van der Waals surface area contributed by atoms with Gasteiger partial charge in [-0.05, 0) is 31.4 Å². The van der Waals surface area contributed by atoms with Crippen molar-refractivity contribution in [3.63, 3.8) is 0 Å². The van der Waals surface area contributed by atoms with Crippen LogP contribution in [0.25, 0.3) is 0 Å². The molecule has 1 aliphatic carbocycles. The van der Waals surface area contributed by atoms with Crippen LogP contribution in [0, 0.1) is 0 Å². The molecule has 0 aromatic carbocycles. The number of rotatable bonds is 2. The molecule has 0 radical (unpaired) electrons. The summed E-state index contributed by atoms with van der Waals surface area (Å²) in [5.41, 5.74) is 0. The molecular formula is C10H13ClN2. The van der Waals surface area contributed by atoms with Crippen LogP contribution in [-0.2, 0) is 0 Å². The first kappa shape index (κ1) is 8.82. The monoisotopic (exact) mass is 196 g/mol. The van der Waals surface area contributed by atoms with Gasteiger partial charge in [-0.1, -0.05) is 17.7 Å². The maximum absolute atomic E-state index is 5.82. The lowest BCUT2D eigenvalue weighted by molar-refractivity contribution is 0.399. The lowest BCUT2D eigenvalue weighted by atomic mass is 9.92. The molecular weight excluding hydrogens is 184 g/mol. The number of aromatic nitrogens is 1. The molecule has 0 N–H and O–H groups in total. The number of pyridine rings is 1. The lowest BCUT2D eigenvalue weighted by Gasteiger charge is -2.35. The fourth-order valence-electron chi connectivity index (χ4n) is 1.56. The molecule has 1 aromatic rings. The van der Waals surface area contributed by atoms with Crippen LogP contribution in [0.15, 0.2) is 18.2 Å². The van der Waals surface area contributed by atoms with Gasteiger partial charge < -0.3 is 4.90 Å². The van der Waals surface area contributed by atoms with Gasteiger partial charge in [0.1, 0.15) is 11.0 Å². The minimum atomic E-state index is 0.573. The van der Waals surface area contributed by atoms with Crippen LogP contribution in [0.2, 0.25) is 5.15 Å². The summed E-state index contributed by atoms with van der Waals surface area (Å²) >= 11 is 5.82. The highest BCUT2D eigenvalue weighted by molar-refractivity contribution is 6.29. The molecule has 1 aromatic heterocycles. The molecule has 70 valence electrons. The first-order valence-electron chi connectivity index (χ1n) is 4.63. The molecule has 2 rings (SSSR count). The van der Waals surface area contributed by atoms with E-state index in [-0.39, 0.29) is 0 Å². The molecule has 1 fully saturated rings. The molecule has 2 nitrogen and oxygen atoms in total. The third-order valence-electron chi connectivity index (χ3n) is 2.68. The van der Waals surface area contributed by atoms with Crippen molar-refractivity contribution in [1.82, 2.24) is 4.98 Å². The van der Waals surface area contributed by atoms with Gasteiger partial charge in [0.25, 0.3) is 0 Å². The van der Waals surface area contributed by atoms with Crippen molar-refractivity contribution >= 4 is 17.4 Å². The van der Waals surface area contributed by atoms with Gasteiger partial charge in [-0.3, -0.25) is 0 Å². The molecule has 0 amide bonds. The van der Waals surface area contributed by atoms with Gasteiger partial charge in [0.05, 0.1) is 0 Å². The van der Waals surface area contributed by atoms with Gasteiger partial charge in [-0.2, -0.15) is 0 Å². The molecule has 1 heterocycles. The summed E-state index contributed by atoms with van der Waals surface area (Å²) in [4.78, 5) is 6.49. The Morgan fingerprint density at radius 2 is 2.23 bits per heavy atom. The van der Waals surface area contributed by atoms with E-state index in [2.05, 4.69) is 16.9 Å². The Kier molecular flexibility index (Phi) is 2.40. The van der Waals surface area contributed by atoms with Crippen molar-refractivity contribution in [2.75, 3.05) is 11.9 Å². The Balaban J connectivity index is 2.14. The maximum Gasteiger partial charge on any atom is 0.131 e. The van der Waals surface area contributed by atoms with E-state index in [1.165, 1.54) is 19.3 Å². The van der Waals surface area contributed by atoms with Gasteiger partial charge in [0.15, 0.2) is 0 Å². The molecule has 1 aliphatic rings. The van der Waals surface area contributed by atoms with Crippen molar-refractivity contribution in [2.24, 2.45) is 0 Å². The van der Waals surface area contributed by atoms with Crippen molar-refractivity contribution in [3.05, 3.63) is 23.4 Å². The Hall–Kier alpha value is -0.760. The zero-order valence-corrected chi connectivity index (χ0v) is 8.46. The van der Waals surface area contributed by atoms with Crippen LogP contribution >= 0.6 is 11.6 Å². The maximum atomic E-state index is 5.82. The molecule has 0 aliphatic heterocycles. The minimum absolute atomic E-state index is 0.573. The molecule has 0 unspecified atom stereocenters. The average molecular weight is 197 g/mol. The predicted octanol–water partition coefficient (Wildman–Crippen LogP) is 2.72. The third-order valence-corrected chi connectivity index (χ3v) is 2.89.